The molecule has 4 rings (SSSR count). The fraction of sp³-hybridized carbons (Fsp3) is 0.231. The van der Waals surface area contributed by atoms with E-state index in [4.69, 9.17) is 4.42 Å². The van der Waals surface area contributed by atoms with Gasteiger partial charge in [-0.2, -0.15) is 0 Å². The Kier molecular flexibility index (Phi) is 5.81. The van der Waals surface area contributed by atoms with Crippen LogP contribution in [-0.2, 0) is 0 Å². The summed E-state index contributed by atoms with van der Waals surface area (Å²) in [6, 6.07) is 15.3. The largest absolute Gasteiger partial charge is 0.456 e. The van der Waals surface area contributed by atoms with Crippen LogP contribution in [0.15, 0.2) is 70.7 Å². The Labute approximate surface area is 162 Å². The minimum absolute atomic E-state index is 0.488. The summed E-state index contributed by atoms with van der Waals surface area (Å²) >= 11 is 0. The van der Waals surface area contributed by atoms with Crippen molar-refractivity contribution in [2.75, 3.05) is 0 Å². The Balaban J connectivity index is 0.00000102. The summed E-state index contributed by atoms with van der Waals surface area (Å²) in [4.78, 5) is 0. The quantitative estimate of drug-likeness (QED) is 0.523. The van der Waals surface area contributed by atoms with E-state index < -0.39 is 0 Å². The van der Waals surface area contributed by atoms with E-state index in [-0.39, 0.29) is 0 Å². The summed E-state index contributed by atoms with van der Waals surface area (Å²) in [5.41, 5.74) is 6.86. The predicted octanol–water partition coefficient (Wildman–Crippen LogP) is 6.33. The van der Waals surface area contributed by atoms with E-state index in [0.29, 0.717) is 5.92 Å². The van der Waals surface area contributed by atoms with Crippen molar-refractivity contribution in [1.82, 2.24) is 0 Å². The zero-order valence-electron chi connectivity index (χ0n) is 16.8. The lowest BCUT2D eigenvalue weighted by molar-refractivity contribution is 0.575. The van der Waals surface area contributed by atoms with Crippen LogP contribution in [0.1, 0.15) is 45.6 Å². The Hall–Kier alpha value is -2.80. The van der Waals surface area contributed by atoms with Crippen molar-refractivity contribution in [1.29, 1.82) is 0 Å². The summed E-state index contributed by atoms with van der Waals surface area (Å²) in [5, 5.41) is 2.05. The maximum Gasteiger partial charge on any atom is 0.135 e. The number of furan rings is 1. The molecule has 27 heavy (non-hydrogen) atoms. The molecule has 0 aliphatic heterocycles. The molecule has 0 fully saturated rings. The highest BCUT2D eigenvalue weighted by atomic mass is 16.3. The molecule has 0 saturated heterocycles. The number of fused-ring (bicyclic) bond motifs is 1. The van der Waals surface area contributed by atoms with Crippen molar-refractivity contribution in [3.8, 4) is 11.1 Å². The first kappa shape index (κ1) is 19.0. The minimum Gasteiger partial charge on any atom is -0.456 e. The highest BCUT2D eigenvalue weighted by Crippen LogP contribution is 2.29. The molecule has 3 aromatic rings. The van der Waals surface area contributed by atoms with Gasteiger partial charge in [0, 0.05) is 16.5 Å². The third kappa shape index (κ3) is 3.83. The second-order valence-electron chi connectivity index (χ2n) is 6.72. The third-order valence-electron chi connectivity index (χ3n) is 5.04. The van der Waals surface area contributed by atoms with E-state index >= 15 is 0 Å². The van der Waals surface area contributed by atoms with Gasteiger partial charge in [0.1, 0.15) is 11.0 Å². The minimum atomic E-state index is 0.488. The van der Waals surface area contributed by atoms with Crippen molar-refractivity contribution in [2.45, 2.75) is 40.0 Å². The smallest absolute Gasteiger partial charge is 0.135 e. The Morgan fingerprint density at radius 3 is 2.37 bits per heavy atom. The molecule has 1 heteroatoms. The van der Waals surface area contributed by atoms with Gasteiger partial charge in [-0.25, -0.2) is 0 Å². The van der Waals surface area contributed by atoms with Crippen molar-refractivity contribution < 1.29 is 4.42 Å². The van der Waals surface area contributed by atoms with Gasteiger partial charge in [0.2, 0.25) is 0 Å². The van der Waals surface area contributed by atoms with Crippen LogP contribution in [0.2, 0.25) is 0 Å². The normalized spacial score (nSPS) is 16.8. The van der Waals surface area contributed by atoms with Crippen molar-refractivity contribution in [3.05, 3.63) is 82.5 Å². The van der Waals surface area contributed by atoms with Crippen LogP contribution in [-0.4, -0.2) is 0 Å². The fourth-order valence-electron chi connectivity index (χ4n) is 3.48. The molecule has 138 valence electrons. The van der Waals surface area contributed by atoms with Crippen LogP contribution < -0.4 is 10.6 Å². The highest BCUT2D eigenvalue weighted by Gasteiger charge is 2.10. The second-order valence-corrected chi connectivity index (χ2v) is 6.72. The molecule has 2 aromatic carbocycles. The predicted molar refractivity (Wildman–Crippen MR) is 118 cm³/mol. The molecule has 1 aromatic heterocycles. The zero-order chi connectivity index (χ0) is 19.4. The van der Waals surface area contributed by atoms with Crippen molar-refractivity contribution in [2.24, 2.45) is 0 Å². The van der Waals surface area contributed by atoms with Crippen molar-refractivity contribution in [3.63, 3.8) is 0 Å². The van der Waals surface area contributed by atoms with E-state index in [1.807, 2.05) is 26.8 Å². The van der Waals surface area contributed by atoms with Crippen LogP contribution in [0.3, 0.4) is 0 Å². The second kappa shape index (κ2) is 8.26. The van der Waals surface area contributed by atoms with E-state index in [0.717, 1.165) is 28.0 Å². The molecular formula is C26H28O. The molecular weight excluding hydrogens is 328 g/mol. The van der Waals surface area contributed by atoms with E-state index in [9.17, 15) is 0 Å². The van der Waals surface area contributed by atoms with Gasteiger partial charge in [0.05, 0.1) is 0 Å². The third-order valence-corrected chi connectivity index (χ3v) is 5.04. The number of benzene rings is 2. The summed E-state index contributed by atoms with van der Waals surface area (Å²) in [7, 11) is 0. The van der Waals surface area contributed by atoms with Gasteiger partial charge < -0.3 is 4.42 Å². The molecule has 1 aliphatic carbocycles. The molecule has 0 amide bonds. The SMILES string of the molecule is C=c1/c(=C\C)oc2cc(-c3ccc(C4C=CC(C)=CC4)cc3)ccc12.CC. The molecule has 0 spiro atoms. The van der Waals surface area contributed by atoms with Gasteiger partial charge in [-0.1, -0.05) is 74.6 Å². The summed E-state index contributed by atoms with van der Waals surface area (Å²) in [6.45, 7) is 12.2. The monoisotopic (exact) mass is 356 g/mol. The first-order valence-electron chi connectivity index (χ1n) is 9.79. The standard InChI is InChI=1S/C24H22O.C2H6/c1-4-23-17(3)22-14-13-21(15-24(22)25-23)20-11-9-19(10-12-20)18-7-5-16(2)6-8-18;1-2/h4-7,9-15,18H,3,8H2,1-2H3;1-2H3/b23-4+;. The van der Waals surface area contributed by atoms with Crippen LogP contribution in [0, 0.1) is 0 Å². The fourth-order valence-corrected chi connectivity index (χ4v) is 3.48. The summed E-state index contributed by atoms with van der Waals surface area (Å²) in [5.74, 6) is 0.488. The maximum atomic E-state index is 5.91. The van der Waals surface area contributed by atoms with Crippen LogP contribution in [0.5, 0.6) is 0 Å². The van der Waals surface area contributed by atoms with Crippen LogP contribution >= 0.6 is 0 Å². The molecule has 0 saturated carbocycles. The van der Waals surface area contributed by atoms with Crippen molar-refractivity contribution >= 4 is 23.6 Å². The molecule has 1 atom stereocenters. The Morgan fingerprint density at radius 2 is 1.74 bits per heavy atom. The van der Waals surface area contributed by atoms with Gasteiger partial charge in [0.25, 0.3) is 0 Å². The molecule has 0 N–H and O–H groups in total. The number of rotatable bonds is 2. The molecule has 1 unspecified atom stereocenters. The first-order chi connectivity index (χ1) is 13.2. The average molecular weight is 357 g/mol. The Bertz CT molecular complexity index is 1090. The molecule has 1 heterocycles. The molecule has 0 bridgehead atoms. The number of hydrogen-bond donors (Lipinski definition) is 0. The molecule has 1 aliphatic rings. The Morgan fingerprint density at radius 1 is 1.04 bits per heavy atom. The number of hydrogen-bond acceptors (Lipinski definition) is 1. The van der Waals surface area contributed by atoms with Crippen LogP contribution in [0.4, 0.5) is 0 Å². The van der Waals surface area contributed by atoms with Gasteiger partial charge in [-0.3, -0.25) is 0 Å². The summed E-state index contributed by atoms with van der Waals surface area (Å²) in [6.07, 6.45) is 9.87. The van der Waals surface area contributed by atoms with Gasteiger partial charge in [-0.15, -0.1) is 0 Å². The van der Waals surface area contributed by atoms with Crippen LogP contribution in [0.25, 0.3) is 34.8 Å². The zero-order valence-corrected chi connectivity index (χ0v) is 16.8. The lowest BCUT2D eigenvalue weighted by Crippen LogP contribution is -2.16. The molecule has 1 nitrogen and oxygen atoms in total. The molecule has 0 radical (unpaired) electrons. The lowest BCUT2D eigenvalue weighted by atomic mass is 9.89. The van der Waals surface area contributed by atoms with Gasteiger partial charge in [0.15, 0.2) is 0 Å². The van der Waals surface area contributed by atoms with Gasteiger partial charge >= 0.3 is 0 Å². The maximum absolute atomic E-state index is 5.91. The topological polar surface area (TPSA) is 13.1 Å². The summed E-state index contributed by atoms with van der Waals surface area (Å²) < 4.78 is 5.91. The van der Waals surface area contributed by atoms with E-state index in [2.05, 4.69) is 74.2 Å². The van der Waals surface area contributed by atoms with E-state index in [1.165, 1.54) is 22.3 Å². The van der Waals surface area contributed by atoms with E-state index in [1.54, 1.807) is 0 Å². The first-order valence-corrected chi connectivity index (χ1v) is 9.79. The number of allylic oxidation sites excluding steroid dienone is 4. The lowest BCUT2D eigenvalue weighted by Gasteiger charge is -2.15. The van der Waals surface area contributed by atoms with Gasteiger partial charge in [-0.05, 0) is 55.2 Å². The average Bonchev–Trinajstić information content (AvgIpc) is 3.05. The highest BCUT2D eigenvalue weighted by molar-refractivity contribution is 5.83.